The lowest BCUT2D eigenvalue weighted by Gasteiger charge is -2.43. The van der Waals surface area contributed by atoms with E-state index in [1.165, 1.54) is 19.3 Å². The van der Waals surface area contributed by atoms with E-state index in [0.717, 1.165) is 11.3 Å². The summed E-state index contributed by atoms with van der Waals surface area (Å²) in [6, 6.07) is 0. The van der Waals surface area contributed by atoms with Crippen LogP contribution in [-0.2, 0) is 0 Å². The standard InChI is InChI=1S/C12H22/c1-6-7-11(4)8-12(5)9(11)10(12,2)3/h9H,6-8H2,1-5H3. The molecule has 0 aromatic heterocycles. The SMILES string of the molecule is CCCC1(C)CC2(C)C1C2(C)C. The number of hydrogen-bond acceptors (Lipinski definition) is 0. The maximum Gasteiger partial charge on any atom is -0.0227 e. The maximum absolute atomic E-state index is 2.50. The Kier molecular flexibility index (Phi) is 1.37. The Balaban J connectivity index is 2.12. The molecule has 0 aliphatic heterocycles. The van der Waals surface area contributed by atoms with Crippen LogP contribution in [0.5, 0.6) is 0 Å². The molecule has 0 radical (unpaired) electrons. The normalized spacial score (nSPS) is 54.2. The molecule has 2 aliphatic rings. The third kappa shape index (κ3) is 0.661. The van der Waals surface area contributed by atoms with Crippen molar-refractivity contribution in [2.45, 2.75) is 53.9 Å². The molecule has 0 heterocycles. The summed E-state index contributed by atoms with van der Waals surface area (Å²) in [5, 5.41) is 0. The third-order valence-electron chi connectivity index (χ3n) is 5.04. The summed E-state index contributed by atoms with van der Waals surface area (Å²) in [5.74, 6) is 1.03. The fourth-order valence-corrected chi connectivity index (χ4v) is 4.65. The Morgan fingerprint density at radius 3 is 2.00 bits per heavy atom. The second kappa shape index (κ2) is 1.91. The first-order valence-electron chi connectivity index (χ1n) is 5.38. The third-order valence-corrected chi connectivity index (χ3v) is 5.04. The zero-order chi connectivity index (χ0) is 9.20. The van der Waals surface area contributed by atoms with Crippen LogP contribution in [-0.4, -0.2) is 0 Å². The van der Waals surface area contributed by atoms with Crippen molar-refractivity contribution in [3.63, 3.8) is 0 Å². The average Bonchev–Trinajstić information content (AvgIpc) is 2.20. The van der Waals surface area contributed by atoms with Gasteiger partial charge in [-0.1, -0.05) is 41.0 Å². The van der Waals surface area contributed by atoms with Gasteiger partial charge in [0.05, 0.1) is 0 Å². The van der Waals surface area contributed by atoms with Crippen molar-refractivity contribution >= 4 is 0 Å². The van der Waals surface area contributed by atoms with Crippen LogP contribution >= 0.6 is 0 Å². The van der Waals surface area contributed by atoms with Crippen molar-refractivity contribution in [2.75, 3.05) is 0 Å². The van der Waals surface area contributed by atoms with Crippen LogP contribution in [0.2, 0.25) is 0 Å². The lowest BCUT2D eigenvalue weighted by atomic mass is 9.62. The molecule has 0 N–H and O–H groups in total. The first kappa shape index (κ1) is 8.59. The van der Waals surface area contributed by atoms with E-state index in [0.29, 0.717) is 10.8 Å². The predicted octanol–water partition coefficient (Wildman–Crippen LogP) is 3.86. The first-order chi connectivity index (χ1) is 5.38. The molecule has 2 rings (SSSR count). The van der Waals surface area contributed by atoms with Crippen molar-refractivity contribution in [3.8, 4) is 0 Å². The Morgan fingerprint density at radius 2 is 1.75 bits per heavy atom. The molecule has 0 amide bonds. The molecule has 2 fully saturated rings. The van der Waals surface area contributed by atoms with Gasteiger partial charge in [0.25, 0.3) is 0 Å². The smallest absolute Gasteiger partial charge is 0.0227 e. The quantitative estimate of drug-likeness (QED) is 0.584. The summed E-state index contributed by atoms with van der Waals surface area (Å²) in [7, 11) is 0. The minimum absolute atomic E-state index is 0.650. The number of rotatable bonds is 2. The molecule has 2 saturated carbocycles. The van der Waals surface area contributed by atoms with Gasteiger partial charge in [0, 0.05) is 0 Å². The molecular weight excluding hydrogens is 144 g/mol. The molecule has 0 aromatic rings. The summed E-state index contributed by atoms with van der Waals surface area (Å²) in [6.45, 7) is 12.2. The summed E-state index contributed by atoms with van der Waals surface area (Å²) in [4.78, 5) is 0. The molecule has 0 spiro atoms. The Labute approximate surface area is 76.7 Å². The zero-order valence-corrected chi connectivity index (χ0v) is 9.20. The van der Waals surface area contributed by atoms with E-state index in [1.807, 2.05) is 0 Å². The molecule has 3 atom stereocenters. The van der Waals surface area contributed by atoms with E-state index in [4.69, 9.17) is 0 Å². The molecule has 0 nitrogen and oxygen atoms in total. The summed E-state index contributed by atoms with van der Waals surface area (Å²) >= 11 is 0. The van der Waals surface area contributed by atoms with Crippen molar-refractivity contribution in [1.29, 1.82) is 0 Å². The molecule has 0 bridgehead atoms. The summed E-state index contributed by atoms with van der Waals surface area (Å²) in [6.07, 6.45) is 4.28. The minimum Gasteiger partial charge on any atom is -0.0654 e. The van der Waals surface area contributed by atoms with Crippen molar-refractivity contribution < 1.29 is 0 Å². The second-order valence-electron chi connectivity index (χ2n) is 6.15. The average molecular weight is 166 g/mol. The second-order valence-corrected chi connectivity index (χ2v) is 6.15. The lowest BCUT2D eigenvalue weighted by molar-refractivity contribution is 0.0651. The van der Waals surface area contributed by atoms with Gasteiger partial charge in [0.2, 0.25) is 0 Å². The zero-order valence-electron chi connectivity index (χ0n) is 9.20. The fraction of sp³-hybridized carbons (Fsp3) is 1.00. The van der Waals surface area contributed by atoms with E-state index >= 15 is 0 Å². The lowest BCUT2D eigenvalue weighted by Crippen LogP contribution is -2.34. The van der Waals surface area contributed by atoms with Crippen LogP contribution in [0.4, 0.5) is 0 Å². The number of fused-ring (bicyclic) bond motifs is 1. The molecule has 0 saturated heterocycles. The van der Waals surface area contributed by atoms with E-state index in [2.05, 4.69) is 34.6 Å². The summed E-state index contributed by atoms with van der Waals surface area (Å²) < 4.78 is 0. The van der Waals surface area contributed by atoms with Crippen molar-refractivity contribution in [1.82, 2.24) is 0 Å². The van der Waals surface area contributed by atoms with Crippen LogP contribution in [0.1, 0.15) is 53.9 Å². The highest BCUT2D eigenvalue weighted by Gasteiger charge is 2.81. The van der Waals surface area contributed by atoms with Gasteiger partial charge in [0.15, 0.2) is 0 Å². The van der Waals surface area contributed by atoms with Crippen LogP contribution in [0.25, 0.3) is 0 Å². The molecule has 70 valence electrons. The molecule has 3 unspecified atom stereocenters. The molecule has 2 aliphatic carbocycles. The van der Waals surface area contributed by atoms with E-state index in [1.54, 1.807) is 0 Å². The van der Waals surface area contributed by atoms with E-state index in [-0.39, 0.29) is 0 Å². The fourth-order valence-electron chi connectivity index (χ4n) is 4.65. The molecule has 0 heteroatoms. The van der Waals surface area contributed by atoms with Crippen molar-refractivity contribution in [3.05, 3.63) is 0 Å². The highest BCUT2D eigenvalue weighted by molar-refractivity contribution is 5.28. The van der Waals surface area contributed by atoms with Gasteiger partial charge in [0.1, 0.15) is 0 Å². The van der Waals surface area contributed by atoms with Crippen LogP contribution < -0.4 is 0 Å². The highest BCUT2D eigenvalue weighted by atomic mass is 14.8. The number of hydrogen-bond donors (Lipinski definition) is 0. The van der Waals surface area contributed by atoms with E-state index in [9.17, 15) is 0 Å². The topological polar surface area (TPSA) is 0 Å². The molecule has 0 aromatic carbocycles. The predicted molar refractivity (Wildman–Crippen MR) is 53.0 cm³/mol. The van der Waals surface area contributed by atoms with Gasteiger partial charge in [-0.25, -0.2) is 0 Å². The van der Waals surface area contributed by atoms with E-state index < -0.39 is 0 Å². The van der Waals surface area contributed by atoms with Crippen LogP contribution in [0.15, 0.2) is 0 Å². The van der Waals surface area contributed by atoms with Gasteiger partial charge in [-0.2, -0.15) is 0 Å². The van der Waals surface area contributed by atoms with Gasteiger partial charge in [-0.15, -0.1) is 0 Å². The first-order valence-corrected chi connectivity index (χ1v) is 5.38. The van der Waals surface area contributed by atoms with Gasteiger partial charge in [-0.3, -0.25) is 0 Å². The Hall–Kier alpha value is 0. The van der Waals surface area contributed by atoms with Gasteiger partial charge in [-0.05, 0) is 35.0 Å². The summed E-state index contributed by atoms with van der Waals surface area (Å²) in [5.41, 5.74) is 2.07. The van der Waals surface area contributed by atoms with Crippen LogP contribution in [0, 0.1) is 22.2 Å². The van der Waals surface area contributed by atoms with Gasteiger partial charge < -0.3 is 0 Å². The Bertz CT molecular complexity index is 207. The monoisotopic (exact) mass is 166 g/mol. The molecule has 12 heavy (non-hydrogen) atoms. The largest absolute Gasteiger partial charge is 0.0654 e. The van der Waals surface area contributed by atoms with Crippen LogP contribution in [0.3, 0.4) is 0 Å². The Morgan fingerprint density at radius 1 is 1.17 bits per heavy atom. The van der Waals surface area contributed by atoms with Gasteiger partial charge >= 0.3 is 0 Å². The van der Waals surface area contributed by atoms with Crippen molar-refractivity contribution in [2.24, 2.45) is 22.2 Å². The minimum atomic E-state index is 0.650. The highest BCUT2D eigenvalue weighted by Crippen LogP contribution is 2.87. The maximum atomic E-state index is 2.50. The molecular formula is C12H22.